The summed E-state index contributed by atoms with van der Waals surface area (Å²) in [5.41, 5.74) is 0.163. The second kappa shape index (κ2) is 4.53. The van der Waals surface area contributed by atoms with Gasteiger partial charge >= 0.3 is 6.18 Å². The van der Waals surface area contributed by atoms with Crippen molar-refractivity contribution in [1.29, 1.82) is 0 Å². The topological polar surface area (TPSA) is 20.2 Å². The number of alkyl halides is 3. The lowest BCUT2D eigenvalue weighted by Crippen LogP contribution is -2.12. The average molecular weight is 242 g/mol. The molecule has 1 aliphatic carbocycles. The molecule has 1 aromatic carbocycles. The maximum atomic E-state index is 12.8. The second-order valence-corrected chi connectivity index (χ2v) is 4.19. The lowest BCUT2D eigenvalue weighted by atomic mass is 9.89. The van der Waals surface area contributed by atoms with Crippen molar-refractivity contribution in [2.24, 2.45) is 0 Å². The molecule has 1 aromatic rings. The Hall–Kier alpha value is -1.29. The predicted molar refractivity (Wildman–Crippen MR) is 59.3 cm³/mol. The highest BCUT2D eigenvalue weighted by Gasteiger charge is 2.34. The standard InChI is InChI=1S/C13H13F3O/c14-13(15,16)12-7-2-1-6-11(12)9-4-3-5-10(17)8-9/h1-2,6-8,10,17H,3-5H2. The zero-order valence-electron chi connectivity index (χ0n) is 9.17. The maximum absolute atomic E-state index is 12.8. The van der Waals surface area contributed by atoms with Gasteiger partial charge in [0.2, 0.25) is 0 Å². The molecule has 0 spiro atoms. The molecule has 4 heteroatoms. The quantitative estimate of drug-likeness (QED) is 0.797. The van der Waals surface area contributed by atoms with Gasteiger partial charge in [0.25, 0.3) is 0 Å². The molecule has 0 fully saturated rings. The third-order valence-electron chi connectivity index (χ3n) is 2.92. The fraction of sp³-hybridized carbons (Fsp3) is 0.385. The normalized spacial score (nSPS) is 21.2. The van der Waals surface area contributed by atoms with Gasteiger partial charge < -0.3 is 5.11 Å². The molecule has 0 amide bonds. The van der Waals surface area contributed by atoms with Gasteiger partial charge in [0, 0.05) is 0 Å². The van der Waals surface area contributed by atoms with Gasteiger partial charge in [-0.25, -0.2) is 0 Å². The van der Waals surface area contributed by atoms with Crippen LogP contribution in [0.1, 0.15) is 30.4 Å². The minimum absolute atomic E-state index is 0.193. The van der Waals surface area contributed by atoms with Crippen molar-refractivity contribution in [3.63, 3.8) is 0 Å². The molecule has 2 rings (SSSR count). The van der Waals surface area contributed by atoms with E-state index < -0.39 is 17.8 Å². The average Bonchev–Trinajstić information content (AvgIpc) is 2.28. The Morgan fingerprint density at radius 1 is 1.18 bits per heavy atom. The largest absolute Gasteiger partial charge is 0.416 e. The van der Waals surface area contributed by atoms with Gasteiger partial charge in [0.15, 0.2) is 0 Å². The lowest BCUT2D eigenvalue weighted by Gasteiger charge is -2.20. The van der Waals surface area contributed by atoms with E-state index >= 15 is 0 Å². The van der Waals surface area contributed by atoms with Crippen LogP contribution in [0.3, 0.4) is 0 Å². The van der Waals surface area contributed by atoms with E-state index in [9.17, 15) is 18.3 Å². The molecule has 0 heterocycles. The van der Waals surface area contributed by atoms with Crippen molar-refractivity contribution in [2.45, 2.75) is 31.5 Å². The highest BCUT2D eigenvalue weighted by molar-refractivity contribution is 5.69. The van der Waals surface area contributed by atoms with E-state index in [1.54, 1.807) is 6.07 Å². The van der Waals surface area contributed by atoms with E-state index in [0.29, 0.717) is 18.4 Å². The molecular weight excluding hydrogens is 229 g/mol. The number of aliphatic hydroxyl groups excluding tert-OH is 1. The second-order valence-electron chi connectivity index (χ2n) is 4.19. The summed E-state index contributed by atoms with van der Waals surface area (Å²) in [7, 11) is 0. The van der Waals surface area contributed by atoms with Gasteiger partial charge in [-0.1, -0.05) is 24.3 Å². The Balaban J connectivity index is 2.45. The van der Waals surface area contributed by atoms with E-state index in [0.717, 1.165) is 12.5 Å². The van der Waals surface area contributed by atoms with Crippen LogP contribution < -0.4 is 0 Å². The summed E-state index contributed by atoms with van der Waals surface area (Å²) in [6, 6.07) is 5.52. The third kappa shape index (κ3) is 2.69. The van der Waals surface area contributed by atoms with Crippen molar-refractivity contribution in [2.75, 3.05) is 0 Å². The first kappa shape index (κ1) is 12.2. The van der Waals surface area contributed by atoms with Crippen molar-refractivity contribution in [1.82, 2.24) is 0 Å². The van der Waals surface area contributed by atoms with Crippen LogP contribution in [-0.2, 0) is 6.18 Å². The molecule has 1 nitrogen and oxygen atoms in total. The van der Waals surface area contributed by atoms with Gasteiger partial charge in [0.05, 0.1) is 11.7 Å². The van der Waals surface area contributed by atoms with Crippen molar-refractivity contribution >= 4 is 5.57 Å². The molecule has 0 aromatic heterocycles. The molecule has 1 N–H and O–H groups in total. The van der Waals surface area contributed by atoms with Gasteiger partial charge in [-0.05, 0) is 36.5 Å². The summed E-state index contributed by atoms with van der Waals surface area (Å²) in [6.07, 6.45) is -1.50. The van der Waals surface area contributed by atoms with E-state index in [4.69, 9.17) is 0 Å². The van der Waals surface area contributed by atoms with E-state index in [1.807, 2.05) is 0 Å². The third-order valence-corrected chi connectivity index (χ3v) is 2.92. The lowest BCUT2D eigenvalue weighted by molar-refractivity contribution is -0.137. The van der Waals surface area contributed by atoms with E-state index in [2.05, 4.69) is 0 Å². The summed E-state index contributed by atoms with van der Waals surface area (Å²) >= 11 is 0. The van der Waals surface area contributed by atoms with Gasteiger partial charge in [0.1, 0.15) is 0 Å². The molecule has 17 heavy (non-hydrogen) atoms. The number of allylic oxidation sites excluding steroid dienone is 1. The SMILES string of the molecule is OC1C=C(c2ccccc2C(F)(F)F)CCC1. The Labute approximate surface area is 97.6 Å². The molecule has 1 unspecified atom stereocenters. The van der Waals surface area contributed by atoms with Gasteiger partial charge in [-0.3, -0.25) is 0 Å². The van der Waals surface area contributed by atoms with Crippen LogP contribution in [0.4, 0.5) is 13.2 Å². The molecule has 1 aliphatic rings. The number of hydrogen-bond acceptors (Lipinski definition) is 1. The predicted octanol–water partition coefficient (Wildman–Crippen LogP) is 3.63. The van der Waals surface area contributed by atoms with Crippen LogP contribution in [0.25, 0.3) is 5.57 Å². The molecule has 1 atom stereocenters. The van der Waals surface area contributed by atoms with Crippen LogP contribution in [0.5, 0.6) is 0 Å². The van der Waals surface area contributed by atoms with Crippen LogP contribution >= 0.6 is 0 Å². The maximum Gasteiger partial charge on any atom is 0.416 e. The Morgan fingerprint density at radius 2 is 1.88 bits per heavy atom. The Bertz CT molecular complexity index is 435. The first-order chi connectivity index (χ1) is 7.98. The smallest absolute Gasteiger partial charge is 0.389 e. The Kier molecular flexibility index (Phi) is 3.24. The van der Waals surface area contributed by atoms with E-state index in [1.165, 1.54) is 18.2 Å². The molecule has 92 valence electrons. The van der Waals surface area contributed by atoms with Crippen molar-refractivity contribution in [3.05, 3.63) is 41.5 Å². The van der Waals surface area contributed by atoms with Crippen LogP contribution in [0, 0.1) is 0 Å². The van der Waals surface area contributed by atoms with Crippen molar-refractivity contribution in [3.8, 4) is 0 Å². The summed E-state index contributed by atoms with van der Waals surface area (Å²) < 4.78 is 38.4. The summed E-state index contributed by atoms with van der Waals surface area (Å²) in [5.74, 6) is 0. The number of rotatable bonds is 1. The molecule has 0 saturated heterocycles. The minimum atomic E-state index is -4.35. The Morgan fingerprint density at radius 3 is 2.53 bits per heavy atom. The highest BCUT2D eigenvalue weighted by Crippen LogP contribution is 2.37. The highest BCUT2D eigenvalue weighted by atomic mass is 19.4. The molecule has 0 radical (unpaired) electrons. The van der Waals surface area contributed by atoms with Crippen molar-refractivity contribution < 1.29 is 18.3 Å². The summed E-state index contributed by atoms with van der Waals surface area (Å²) in [5, 5.41) is 9.48. The van der Waals surface area contributed by atoms with Crippen LogP contribution in [-0.4, -0.2) is 11.2 Å². The van der Waals surface area contributed by atoms with Crippen LogP contribution in [0.15, 0.2) is 30.3 Å². The first-order valence-corrected chi connectivity index (χ1v) is 5.54. The zero-order chi connectivity index (χ0) is 12.5. The van der Waals surface area contributed by atoms with Crippen LogP contribution in [0.2, 0.25) is 0 Å². The number of hydrogen-bond donors (Lipinski definition) is 1. The monoisotopic (exact) mass is 242 g/mol. The first-order valence-electron chi connectivity index (χ1n) is 5.54. The van der Waals surface area contributed by atoms with Gasteiger partial charge in [-0.15, -0.1) is 0 Å². The summed E-state index contributed by atoms with van der Waals surface area (Å²) in [6.45, 7) is 0. The zero-order valence-corrected chi connectivity index (χ0v) is 9.17. The number of aliphatic hydroxyl groups is 1. The van der Waals surface area contributed by atoms with Gasteiger partial charge in [-0.2, -0.15) is 13.2 Å². The number of halogens is 3. The molecule has 0 aliphatic heterocycles. The number of benzene rings is 1. The molecule has 0 bridgehead atoms. The van der Waals surface area contributed by atoms with E-state index in [-0.39, 0.29) is 5.56 Å². The fourth-order valence-electron chi connectivity index (χ4n) is 2.14. The molecular formula is C13H13F3O. The minimum Gasteiger partial charge on any atom is -0.389 e. The fourth-order valence-corrected chi connectivity index (χ4v) is 2.14. The molecule has 0 saturated carbocycles. The summed E-state index contributed by atoms with van der Waals surface area (Å²) in [4.78, 5) is 0.